The molecule has 0 aromatic heterocycles. The number of aliphatic carboxylic acids is 1. The van der Waals surface area contributed by atoms with E-state index in [1.807, 2.05) is 0 Å². The van der Waals surface area contributed by atoms with Crippen LogP contribution in [0, 0.1) is 29.1 Å². The number of hydrogen-bond acceptors (Lipinski definition) is 3. The molecule has 21 heavy (non-hydrogen) atoms. The van der Waals surface area contributed by atoms with Crippen LogP contribution in [0.25, 0.3) is 0 Å². The number of hydrogen-bond donors (Lipinski definition) is 1. The molecule has 4 nitrogen and oxygen atoms in total. The normalized spacial score (nSPS) is 41.0. The van der Waals surface area contributed by atoms with Gasteiger partial charge in [0.2, 0.25) is 0 Å². The van der Waals surface area contributed by atoms with Gasteiger partial charge in [0.1, 0.15) is 6.10 Å². The third-order valence-corrected chi connectivity index (χ3v) is 6.09. The van der Waals surface area contributed by atoms with Crippen molar-refractivity contribution in [3.8, 4) is 0 Å². The summed E-state index contributed by atoms with van der Waals surface area (Å²) in [6.45, 7) is 7.15. The standard InChI is InChI=1S/C15H24O2.C2H4O2/c1-9-6-13(10(2)17-11(3)16)14-7-12-4-5-15(9,14)8-12;1-2(3)4/h9-10,12-14H,4-8H2,1-3H3;1H3,(H,3,4). The number of carbonyl (C=O) groups is 2. The molecule has 2 bridgehead atoms. The highest BCUT2D eigenvalue weighted by Crippen LogP contribution is 2.69. The summed E-state index contributed by atoms with van der Waals surface area (Å²) in [5.74, 6) is 2.33. The van der Waals surface area contributed by atoms with Crippen LogP contribution in [0.5, 0.6) is 0 Å². The smallest absolute Gasteiger partial charge is 0.302 e. The molecule has 120 valence electrons. The van der Waals surface area contributed by atoms with E-state index in [2.05, 4.69) is 13.8 Å². The van der Waals surface area contributed by atoms with Gasteiger partial charge in [-0.25, -0.2) is 0 Å². The molecule has 0 amide bonds. The summed E-state index contributed by atoms with van der Waals surface area (Å²) in [6.07, 6.45) is 7.15. The second-order valence-corrected chi connectivity index (χ2v) is 7.32. The summed E-state index contributed by atoms with van der Waals surface area (Å²) in [6, 6.07) is 0. The number of ether oxygens (including phenoxy) is 1. The molecule has 1 spiro atoms. The number of rotatable bonds is 2. The van der Waals surface area contributed by atoms with Gasteiger partial charge in [0.25, 0.3) is 5.97 Å². The van der Waals surface area contributed by atoms with Gasteiger partial charge >= 0.3 is 5.97 Å². The van der Waals surface area contributed by atoms with Gasteiger partial charge in [-0.3, -0.25) is 9.59 Å². The Balaban J connectivity index is 0.000000361. The first-order chi connectivity index (χ1) is 9.76. The third-order valence-electron chi connectivity index (χ3n) is 6.09. The molecule has 0 radical (unpaired) electrons. The van der Waals surface area contributed by atoms with E-state index in [-0.39, 0.29) is 12.1 Å². The number of carbonyl (C=O) groups excluding carboxylic acids is 1. The van der Waals surface area contributed by atoms with Gasteiger partial charge in [-0.1, -0.05) is 6.92 Å². The lowest BCUT2D eigenvalue weighted by Gasteiger charge is -2.35. The molecule has 0 aromatic carbocycles. The minimum Gasteiger partial charge on any atom is -0.481 e. The lowest BCUT2D eigenvalue weighted by molar-refractivity contribution is -0.149. The summed E-state index contributed by atoms with van der Waals surface area (Å²) < 4.78 is 5.46. The number of esters is 1. The van der Waals surface area contributed by atoms with Crippen molar-refractivity contribution in [3.63, 3.8) is 0 Å². The van der Waals surface area contributed by atoms with Crippen molar-refractivity contribution in [1.82, 2.24) is 0 Å². The molecule has 0 aromatic rings. The zero-order chi connectivity index (χ0) is 15.8. The third kappa shape index (κ3) is 3.09. The van der Waals surface area contributed by atoms with E-state index >= 15 is 0 Å². The first kappa shape index (κ1) is 16.3. The van der Waals surface area contributed by atoms with Crippen LogP contribution in [0.15, 0.2) is 0 Å². The SMILES string of the molecule is CC(=O)O.CC(=O)OC(C)C1CC(C)C23CCC(CC12)C3. The maximum absolute atomic E-state index is 11.1. The Kier molecular flexibility index (Phi) is 4.64. The molecular weight excluding hydrogens is 268 g/mol. The number of carboxylic acid groups (broad SMARTS) is 1. The molecule has 3 rings (SSSR count). The molecule has 6 atom stereocenters. The van der Waals surface area contributed by atoms with E-state index in [4.69, 9.17) is 14.6 Å². The van der Waals surface area contributed by atoms with Crippen LogP contribution >= 0.6 is 0 Å². The summed E-state index contributed by atoms with van der Waals surface area (Å²) in [4.78, 5) is 20.1. The lowest BCUT2D eigenvalue weighted by atomic mass is 9.71. The summed E-state index contributed by atoms with van der Waals surface area (Å²) in [7, 11) is 0. The predicted octanol–water partition coefficient (Wildman–Crippen LogP) is 3.49. The fraction of sp³-hybridized carbons (Fsp3) is 0.882. The van der Waals surface area contributed by atoms with Crippen molar-refractivity contribution < 1.29 is 19.4 Å². The Labute approximate surface area is 127 Å². The largest absolute Gasteiger partial charge is 0.481 e. The molecule has 0 heterocycles. The molecule has 3 fully saturated rings. The molecule has 1 N–H and O–H groups in total. The van der Waals surface area contributed by atoms with Gasteiger partial charge in [0.15, 0.2) is 0 Å². The van der Waals surface area contributed by atoms with Crippen LogP contribution in [-0.2, 0) is 14.3 Å². The molecule has 0 saturated heterocycles. The van der Waals surface area contributed by atoms with Crippen molar-refractivity contribution in [2.45, 2.75) is 65.9 Å². The van der Waals surface area contributed by atoms with E-state index in [1.165, 1.54) is 39.0 Å². The van der Waals surface area contributed by atoms with Gasteiger partial charge < -0.3 is 9.84 Å². The van der Waals surface area contributed by atoms with Gasteiger partial charge in [0, 0.05) is 13.8 Å². The topological polar surface area (TPSA) is 63.6 Å². The summed E-state index contributed by atoms with van der Waals surface area (Å²) in [5, 5.41) is 7.42. The van der Waals surface area contributed by atoms with Gasteiger partial charge in [-0.15, -0.1) is 0 Å². The van der Waals surface area contributed by atoms with E-state index in [9.17, 15) is 4.79 Å². The Morgan fingerprint density at radius 3 is 2.43 bits per heavy atom. The molecular formula is C17H28O4. The van der Waals surface area contributed by atoms with Crippen molar-refractivity contribution in [3.05, 3.63) is 0 Å². The quantitative estimate of drug-likeness (QED) is 0.792. The molecule has 6 unspecified atom stereocenters. The van der Waals surface area contributed by atoms with Crippen LogP contribution in [0.2, 0.25) is 0 Å². The van der Waals surface area contributed by atoms with E-state index in [0.29, 0.717) is 11.3 Å². The van der Waals surface area contributed by atoms with Gasteiger partial charge in [-0.05, 0) is 68.1 Å². The first-order valence-corrected chi connectivity index (χ1v) is 8.13. The Hall–Kier alpha value is -1.06. The van der Waals surface area contributed by atoms with Crippen molar-refractivity contribution >= 4 is 11.9 Å². The highest BCUT2D eigenvalue weighted by molar-refractivity contribution is 5.66. The van der Waals surface area contributed by atoms with Crippen molar-refractivity contribution in [2.75, 3.05) is 0 Å². The highest BCUT2D eigenvalue weighted by atomic mass is 16.5. The molecule has 3 saturated carbocycles. The molecule has 4 heteroatoms. The van der Waals surface area contributed by atoms with Crippen molar-refractivity contribution in [1.29, 1.82) is 0 Å². The van der Waals surface area contributed by atoms with Crippen LogP contribution in [0.1, 0.15) is 59.8 Å². The summed E-state index contributed by atoms with van der Waals surface area (Å²) in [5.41, 5.74) is 0.629. The lowest BCUT2D eigenvalue weighted by Crippen LogP contribution is -2.31. The Morgan fingerprint density at radius 1 is 1.29 bits per heavy atom. The fourth-order valence-electron chi connectivity index (χ4n) is 5.44. The number of fused-ring (bicyclic) bond motifs is 1. The Bertz CT molecular complexity index is 415. The van der Waals surface area contributed by atoms with E-state index in [1.54, 1.807) is 0 Å². The predicted molar refractivity (Wildman–Crippen MR) is 79.7 cm³/mol. The van der Waals surface area contributed by atoms with Crippen LogP contribution in [0.3, 0.4) is 0 Å². The monoisotopic (exact) mass is 296 g/mol. The summed E-state index contributed by atoms with van der Waals surface area (Å²) >= 11 is 0. The second-order valence-electron chi connectivity index (χ2n) is 7.32. The maximum atomic E-state index is 11.1. The molecule has 0 aliphatic heterocycles. The van der Waals surface area contributed by atoms with Crippen LogP contribution in [0.4, 0.5) is 0 Å². The van der Waals surface area contributed by atoms with Crippen molar-refractivity contribution in [2.24, 2.45) is 29.1 Å². The molecule has 3 aliphatic rings. The fourth-order valence-corrected chi connectivity index (χ4v) is 5.44. The van der Waals surface area contributed by atoms with Crippen LogP contribution < -0.4 is 0 Å². The zero-order valence-electron chi connectivity index (χ0n) is 13.6. The van der Waals surface area contributed by atoms with Crippen LogP contribution in [-0.4, -0.2) is 23.1 Å². The second kappa shape index (κ2) is 5.98. The zero-order valence-corrected chi connectivity index (χ0v) is 13.6. The minimum absolute atomic E-state index is 0.116. The minimum atomic E-state index is -0.833. The number of carboxylic acids is 1. The van der Waals surface area contributed by atoms with Gasteiger partial charge in [0.05, 0.1) is 0 Å². The first-order valence-electron chi connectivity index (χ1n) is 8.13. The average molecular weight is 296 g/mol. The van der Waals surface area contributed by atoms with E-state index < -0.39 is 5.97 Å². The van der Waals surface area contributed by atoms with Gasteiger partial charge in [-0.2, -0.15) is 0 Å². The average Bonchev–Trinajstić information content (AvgIpc) is 2.98. The van der Waals surface area contributed by atoms with E-state index in [0.717, 1.165) is 24.7 Å². The Morgan fingerprint density at radius 2 is 1.90 bits per heavy atom. The molecule has 3 aliphatic carbocycles. The highest BCUT2D eigenvalue weighted by Gasteiger charge is 2.61. The maximum Gasteiger partial charge on any atom is 0.302 e.